The lowest BCUT2D eigenvalue weighted by atomic mass is 10.4. The van der Waals surface area contributed by atoms with E-state index in [0.29, 0.717) is 25.5 Å². The van der Waals surface area contributed by atoms with E-state index >= 15 is 0 Å². The van der Waals surface area contributed by atoms with Gasteiger partial charge in [-0.15, -0.1) is 0 Å². The number of aromatic nitrogens is 2. The number of aryl methyl sites for hydroxylation is 1. The van der Waals surface area contributed by atoms with Gasteiger partial charge in [-0.05, 0) is 12.1 Å². The number of oxime groups is 1. The van der Waals surface area contributed by atoms with E-state index < -0.39 is 10.0 Å². The summed E-state index contributed by atoms with van der Waals surface area (Å²) in [6.45, 7) is 2.98. The largest absolute Gasteiger partial charge is 0.411 e. The van der Waals surface area contributed by atoms with Gasteiger partial charge in [0.1, 0.15) is 18.9 Å². The average molecular weight is 337 g/mol. The van der Waals surface area contributed by atoms with Gasteiger partial charge >= 0.3 is 5.82 Å². The van der Waals surface area contributed by atoms with Crippen LogP contribution in [0.15, 0.2) is 52.8 Å². The predicted molar refractivity (Wildman–Crippen MR) is 85.9 cm³/mol. The lowest BCUT2D eigenvalue weighted by molar-refractivity contribution is -0.671. The summed E-state index contributed by atoms with van der Waals surface area (Å²) >= 11 is 0. The van der Waals surface area contributed by atoms with Gasteiger partial charge in [-0.25, -0.2) is 17.6 Å². The Balaban J connectivity index is 2.18. The van der Waals surface area contributed by atoms with Crippen LogP contribution in [0.25, 0.3) is 0 Å². The van der Waals surface area contributed by atoms with Crippen molar-refractivity contribution < 1.29 is 18.2 Å². The van der Waals surface area contributed by atoms with Gasteiger partial charge in [-0.2, -0.15) is 4.31 Å². The van der Waals surface area contributed by atoms with Crippen LogP contribution >= 0.6 is 0 Å². The fraction of sp³-hybridized carbons (Fsp3) is 0.333. The van der Waals surface area contributed by atoms with Crippen LogP contribution in [0.1, 0.15) is 12.7 Å². The van der Waals surface area contributed by atoms with Gasteiger partial charge in [-0.1, -0.05) is 30.3 Å². The molecule has 0 aliphatic rings. The number of hydrogen-bond donors (Lipinski definition) is 1. The average Bonchev–Trinajstić information content (AvgIpc) is 2.90. The van der Waals surface area contributed by atoms with Crippen molar-refractivity contribution in [3.63, 3.8) is 0 Å². The van der Waals surface area contributed by atoms with E-state index in [9.17, 15) is 8.42 Å². The maximum Gasteiger partial charge on any atom is 0.303 e. The molecule has 0 unspecified atom stereocenters. The second-order valence-electron chi connectivity index (χ2n) is 5.01. The van der Waals surface area contributed by atoms with Gasteiger partial charge in [0.05, 0.1) is 18.5 Å². The summed E-state index contributed by atoms with van der Waals surface area (Å²) in [4.78, 5) is 0.289. The fourth-order valence-electron chi connectivity index (χ4n) is 2.35. The molecule has 0 spiro atoms. The molecule has 0 saturated heterocycles. The molecule has 0 aliphatic heterocycles. The van der Waals surface area contributed by atoms with Crippen LogP contribution in [-0.2, 0) is 23.6 Å². The molecule has 0 radical (unpaired) electrons. The Morgan fingerprint density at radius 1 is 1.35 bits per heavy atom. The molecule has 8 heteroatoms. The molecule has 0 amide bonds. The van der Waals surface area contributed by atoms with Crippen LogP contribution in [-0.4, -0.2) is 41.8 Å². The quantitative estimate of drug-likeness (QED) is 0.352. The molecule has 0 fully saturated rings. The molecule has 2 rings (SSSR count). The van der Waals surface area contributed by atoms with E-state index in [1.54, 1.807) is 34.9 Å². The van der Waals surface area contributed by atoms with Crippen molar-refractivity contribution in [2.24, 2.45) is 12.2 Å². The van der Waals surface area contributed by atoms with Gasteiger partial charge in [0, 0.05) is 6.54 Å². The van der Waals surface area contributed by atoms with E-state index in [4.69, 9.17) is 5.21 Å². The molecule has 124 valence electrons. The minimum absolute atomic E-state index is 0.289. The van der Waals surface area contributed by atoms with Crippen molar-refractivity contribution in [2.75, 3.05) is 13.1 Å². The third-order valence-corrected chi connectivity index (χ3v) is 5.61. The Hall–Kier alpha value is -2.19. The zero-order valence-corrected chi connectivity index (χ0v) is 14.0. The number of nitrogens with zero attached hydrogens (tertiary/aromatic N) is 4. The van der Waals surface area contributed by atoms with Gasteiger partial charge in [-0.3, -0.25) is 0 Å². The van der Waals surface area contributed by atoms with Crippen LogP contribution in [0.3, 0.4) is 0 Å². The Morgan fingerprint density at radius 2 is 2.04 bits per heavy atom. The molecule has 2 aromatic rings. The normalized spacial score (nSPS) is 12.3. The highest BCUT2D eigenvalue weighted by molar-refractivity contribution is 7.89. The van der Waals surface area contributed by atoms with E-state index in [2.05, 4.69) is 5.16 Å². The number of sulfonamides is 1. The summed E-state index contributed by atoms with van der Waals surface area (Å²) < 4.78 is 30.4. The lowest BCUT2D eigenvalue weighted by Gasteiger charge is -2.19. The van der Waals surface area contributed by atoms with Crippen molar-refractivity contribution in [3.8, 4) is 0 Å². The van der Waals surface area contributed by atoms with E-state index in [1.165, 1.54) is 10.5 Å². The van der Waals surface area contributed by atoms with E-state index in [-0.39, 0.29) is 4.90 Å². The lowest BCUT2D eigenvalue weighted by Crippen LogP contribution is -2.36. The third kappa shape index (κ3) is 3.77. The maximum atomic E-state index is 12.6. The second-order valence-corrected chi connectivity index (χ2v) is 6.95. The van der Waals surface area contributed by atoms with Crippen LogP contribution in [0.4, 0.5) is 0 Å². The third-order valence-electron chi connectivity index (χ3n) is 3.62. The first-order valence-electron chi connectivity index (χ1n) is 7.28. The summed E-state index contributed by atoms with van der Waals surface area (Å²) in [5, 5.41) is 11.8. The van der Waals surface area contributed by atoms with Crippen molar-refractivity contribution in [1.29, 1.82) is 0 Å². The second kappa shape index (κ2) is 7.38. The Morgan fingerprint density at radius 3 is 2.65 bits per heavy atom. The highest BCUT2D eigenvalue weighted by Gasteiger charge is 2.24. The highest BCUT2D eigenvalue weighted by Crippen LogP contribution is 2.14. The Kier molecular flexibility index (Phi) is 5.51. The first-order valence-corrected chi connectivity index (χ1v) is 8.72. The van der Waals surface area contributed by atoms with Crippen molar-refractivity contribution >= 4 is 16.2 Å². The molecule has 1 N–H and O–H groups in total. The summed E-state index contributed by atoms with van der Waals surface area (Å²) in [7, 11) is -1.68. The molecule has 0 saturated carbocycles. The number of hydrogen-bond acceptors (Lipinski definition) is 4. The molecule has 0 aliphatic carbocycles. The molecule has 1 heterocycles. The van der Waals surface area contributed by atoms with Crippen molar-refractivity contribution in [3.05, 3.63) is 48.5 Å². The zero-order valence-electron chi connectivity index (χ0n) is 13.2. The Labute approximate surface area is 136 Å². The predicted octanol–water partition coefficient (Wildman–Crippen LogP) is 0.832. The molecule has 23 heavy (non-hydrogen) atoms. The molecule has 7 nitrogen and oxygen atoms in total. The minimum Gasteiger partial charge on any atom is -0.411 e. The van der Waals surface area contributed by atoms with Crippen LogP contribution < -0.4 is 4.57 Å². The van der Waals surface area contributed by atoms with Crippen molar-refractivity contribution in [1.82, 2.24) is 8.87 Å². The smallest absolute Gasteiger partial charge is 0.303 e. The minimum atomic E-state index is -3.51. The topological polar surface area (TPSA) is 78.8 Å². The fourth-order valence-corrected chi connectivity index (χ4v) is 3.81. The first-order chi connectivity index (χ1) is 11.0. The van der Waals surface area contributed by atoms with Gasteiger partial charge < -0.3 is 5.21 Å². The summed E-state index contributed by atoms with van der Waals surface area (Å²) in [6.07, 6.45) is 4.96. The molecule has 0 bridgehead atoms. The highest BCUT2D eigenvalue weighted by atomic mass is 32.2. The van der Waals surface area contributed by atoms with E-state index in [0.717, 1.165) is 0 Å². The molecular weight excluding hydrogens is 316 g/mol. The number of rotatable bonds is 7. The Bertz CT molecular complexity index is 769. The van der Waals surface area contributed by atoms with Crippen LogP contribution in [0.2, 0.25) is 0 Å². The standard InChI is InChI=1S/C15H20N4O3S/c1-3-19(23(21,22)14-7-5-4-6-8-14)12-11-18-10-9-17(2)15(18)13-16-20/h4-10,13H,3,11-12H2,1-2H3/p+1. The summed E-state index contributed by atoms with van der Waals surface area (Å²) in [5.41, 5.74) is 0. The number of likely N-dealkylation sites (N-methyl/N-ethyl adjacent to an activating group) is 1. The molecule has 0 atom stereocenters. The van der Waals surface area contributed by atoms with Crippen LogP contribution in [0.5, 0.6) is 0 Å². The zero-order chi connectivity index (χ0) is 16.9. The SMILES string of the molecule is CCN(CCn1cc[n+](C)c1/C=N/O)S(=O)(=O)c1ccccc1. The maximum absolute atomic E-state index is 12.6. The monoisotopic (exact) mass is 337 g/mol. The van der Waals surface area contributed by atoms with Crippen LogP contribution in [0, 0.1) is 0 Å². The number of benzene rings is 1. The van der Waals surface area contributed by atoms with Gasteiger partial charge in [0.15, 0.2) is 6.21 Å². The van der Waals surface area contributed by atoms with Gasteiger partial charge in [0.2, 0.25) is 10.0 Å². The first kappa shape index (κ1) is 17.2. The molecule has 1 aromatic heterocycles. The summed E-state index contributed by atoms with van der Waals surface area (Å²) in [5.74, 6) is 0.681. The van der Waals surface area contributed by atoms with Crippen molar-refractivity contribution in [2.45, 2.75) is 18.4 Å². The summed E-state index contributed by atoms with van der Waals surface area (Å²) in [6, 6.07) is 8.40. The van der Waals surface area contributed by atoms with Gasteiger partial charge in [0.25, 0.3) is 0 Å². The van der Waals surface area contributed by atoms with E-state index in [1.807, 2.05) is 30.9 Å². The molecule has 1 aromatic carbocycles. The molecular formula is C15H21N4O3S+. The number of imidazole rings is 1.